The third-order valence-electron chi connectivity index (χ3n) is 3.79. The number of para-hydroxylation sites is 1. The minimum Gasteiger partial charge on any atom is -0.488 e. The van der Waals surface area contributed by atoms with Gasteiger partial charge in [0.1, 0.15) is 12.4 Å². The first kappa shape index (κ1) is 18.3. The van der Waals surface area contributed by atoms with Crippen LogP contribution in [-0.2, 0) is 4.79 Å². The number of carbonyl (C=O) groups excluding carboxylic acids is 1. The van der Waals surface area contributed by atoms with E-state index in [2.05, 4.69) is 6.58 Å². The first-order valence-electron chi connectivity index (χ1n) is 7.92. The van der Waals surface area contributed by atoms with Crippen LogP contribution in [0.4, 0.5) is 5.69 Å². The Labute approximate surface area is 161 Å². The Balaban J connectivity index is 1.87. The first-order chi connectivity index (χ1) is 12.5. The molecule has 132 valence electrons. The summed E-state index contributed by atoms with van der Waals surface area (Å²) < 4.78 is 5.45. The number of aryl methyl sites for hydroxylation is 1. The Bertz CT molecular complexity index is 924. The minimum atomic E-state index is -0.211. The predicted octanol–water partition coefficient (Wildman–Crippen LogP) is 5.27. The number of rotatable bonds is 5. The predicted molar refractivity (Wildman–Crippen MR) is 109 cm³/mol. The van der Waals surface area contributed by atoms with E-state index in [1.807, 2.05) is 37.3 Å². The number of anilines is 1. The molecule has 4 nitrogen and oxygen atoms in total. The number of amidine groups is 1. The Morgan fingerprint density at radius 1 is 1.31 bits per heavy atom. The molecule has 0 aromatic heterocycles. The van der Waals surface area contributed by atoms with Crippen LogP contribution in [0.15, 0.2) is 60.0 Å². The number of benzene rings is 2. The van der Waals surface area contributed by atoms with Crippen LogP contribution < -0.4 is 9.64 Å². The van der Waals surface area contributed by atoms with Crippen molar-refractivity contribution < 1.29 is 9.53 Å². The maximum atomic E-state index is 12.8. The van der Waals surface area contributed by atoms with E-state index in [1.165, 1.54) is 4.90 Å². The minimum absolute atomic E-state index is 0.188. The fraction of sp³-hybridized carbons (Fsp3) is 0.100. The average Bonchev–Trinajstić information content (AvgIpc) is 2.88. The van der Waals surface area contributed by atoms with E-state index in [9.17, 15) is 4.79 Å². The lowest BCUT2D eigenvalue weighted by molar-refractivity contribution is -0.113. The standard InChI is InChI=1S/C20H17ClN2O2S/c1-3-10-25-17-9-8-14(11-15(17)21)12-18-19(24)23(20(22)26-18)16-7-5-4-6-13(16)2/h3-9,11-12,22H,1,10H2,2H3/b18-12-,22-20?. The zero-order valence-electron chi connectivity index (χ0n) is 14.2. The van der Waals surface area contributed by atoms with Crippen LogP contribution in [0.2, 0.25) is 5.02 Å². The molecule has 0 unspecified atom stereocenters. The third kappa shape index (κ3) is 3.69. The van der Waals surface area contributed by atoms with Crippen molar-refractivity contribution in [3.8, 4) is 5.75 Å². The molecular formula is C20H17ClN2O2S. The zero-order valence-corrected chi connectivity index (χ0v) is 15.7. The van der Waals surface area contributed by atoms with Gasteiger partial charge in [-0.25, -0.2) is 0 Å². The molecule has 0 spiro atoms. The maximum absolute atomic E-state index is 12.8. The summed E-state index contributed by atoms with van der Waals surface area (Å²) in [5.74, 6) is 0.353. The second kappa shape index (κ2) is 7.81. The van der Waals surface area contributed by atoms with E-state index < -0.39 is 0 Å². The van der Waals surface area contributed by atoms with Crippen LogP contribution >= 0.6 is 23.4 Å². The topological polar surface area (TPSA) is 53.4 Å². The summed E-state index contributed by atoms with van der Waals surface area (Å²) in [6, 6.07) is 12.8. The summed E-state index contributed by atoms with van der Waals surface area (Å²) in [7, 11) is 0. The number of nitrogens with zero attached hydrogens (tertiary/aromatic N) is 1. The van der Waals surface area contributed by atoms with Gasteiger partial charge >= 0.3 is 0 Å². The highest BCUT2D eigenvalue weighted by Crippen LogP contribution is 2.37. The van der Waals surface area contributed by atoms with E-state index in [4.69, 9.17) is 21.7 Å². The van der Waals surface area contributed by atoms with Gasteiger partial charge < -0.3 is 4.74 Å². The molecule has 26 heavy (non-hydrogen) atoms. The molecule has 2 aromatic carbocycles. The molecule has 1 saturated heterocycles. The van der Waals surface area contributed by atoms with Gasteiger partial charge in [0.05, 0.1) is 15.6 Å². The molecule has 1 amide bonds. The van der Waals surface area contributed by atoms with E-state index >= 15 is 0 Å². The number of thioether (sulfide) groups is 1. The first-order valence-corrected chi connectivity index (χ1v) is 9.12. The normalized spacial score (nSPS) is 15.6. The van der Waals surface area contributed by atoms with Crippen LogP contribution in [0.5, 0.6) is 5.75 Å². The fourth-order valence-electron chi connectivity index (χ4n) is 2.54. The van der Waals surface area contributed by atoms with Crippen LogP contribution in [0.3, 0.4) is 0 Å². The highest BCUT2D eigenvalue weighted by atomic mass is 35.5. The Hall–Kier alpha value is -2.50. The third-order valence-corrected chi connectivity index (χ3v) is 4.97. The van der Waals surface area contributed by atoms with Gasteiger partial charge in [-0.3, -0.25) is 15.1 Å². The van der Waals surface area contributed by atoms with Crippen molar-refractivity contribution in [2.24, 2.45) is 0 Å². The quantitative estimate of drug-likeness (QED) is 0.564. The van der Waals surface area contributed by atoms with Gasteiger partial charge in [0, 0.05) is 0 Å². The van der Waals surface area contributed by atoms with E-state index in [-0.39, 0.29) is 11.1 Å². The second-order valence-corrected chi connectivity index (χ2v) is 7.07. The summed E-state index contributed by atoms with van der Waals surface area (Å²) in [5.41, 5.74) is 2.44. The molecular weight excluding hydrogens is 368 g/mol. The lowest BCUT2D eigenvalue weighted by atomic mass is 10.1. The number of carbonyl (C=O) groups is 1. The van der Waals surface area contributed by atoms with Crippen molar-refractivity contribution in [1.29, 1.82) is 5.41 Å². The molecule has 6 heteroatoms. The molecule has 1 aliphatic rings. The molecule has 0 bridgehead atoms. The molecule has 2 aromatic rings. The highest BCUT2D eigenvalue weighted by Gasteiger charge is 2.34. The summed E-state index contributed by atoms with van der Waals surface area (Å²) in [6.45, 7) is 5.90. The van der Waals surface area contributed by atoms with Gasteiger partial charge in [0.15, 0.2) is 5.17 Å². The van der Waals surface area contributed by atoms with Gasteiger partial charge in [-0.05, 0) is 54.1 Å². The van der Waals surface area contributed by atoms with E-state index in [0.29, 0.717) is 22.3 Å². The fourth-order valence-corrected chi connectivity index (χ4v) is 3.64. The molecule has 1 N–H and O–H groups in total. The Morgan fingerprint density at radius 3 is 2.77 bits per heavy atom. The van der Waals surface area contributed by atoms with Crippen LogP contribution in [0, 0.1) is 12.3 Å². The van der Waals surface area contributed by atoms with Crippen LogP contribution in [0.25, 0.3) is 6.08 Å². The van der Waals surface area contributed by atoms with Crippen molar-refractivity contribution in [3.05, 3.63) is 76.2 Å². The molecule has 3 rings (SSSR count). The van der Waals surface area contributed by atoms with E-state index in [1.54, 1.807) is 24.3 Å². The summed E-state index contributed by atoms with van der Waals surface area (Å²) in [4.78, 5) is 14.7. The smallest absolute Gasteiger partial charge is 0.271 e. The number of ether oxygens (including phenoxy) is 1. The van der Waals surface area contributed by atoms with Crippen molar-refractivity contribution >= 4 is 46.2 Å². The van der Waals surface area contributed by atoms with Crippen LogP contribution in [-0.4, -0.2) is 17.7 Å². The van der Waals surface area contributed by atoms with Crippen LogP contribution in [0.1, 0.15) is 11.1 Å². The van der Waals surface area contributed by atoms with Gasteiger partial charge in [-0.2, -0.15) is 0 Å². The largest absolute Gasteiger partial charge is 0.488 e. The number of amides is 1. The Kier molecular flexibility index (Phi) is 5.49. The lowest BCUT2D eigenvalue weighted by Crippen LogP contribution is -2.28. The maximum Gasteiger partial charge on any atom is 0.271 e. The lowest BCUT2D eigenvalue weighted by Gasteiger charge is -2.16. The summed E-state index contributed by atoms with van der Waals surface area (Å²) in [5, 5.41) is 8.84. The molecule has 0 atom stereocenters. The number of nitrogens with one attached hydrogen (secondary N) is 1. The van der Waals surface area contributed by atoms with Gasteiger partial charge in [0.25, 0.3) is 5.91 Å². The number of hydrogen-bond acceptors (Lipinski definition) is 4. The van der Waals surface area contributed by atoms with Crippen molar-refractivity contribution in [2.75, 3.05) is 11.5 Å². The second-order valence-electron chi connectivity index (χ2n) is 5.63. The molecule has 1 fully saturated rings. The summed E-state index contributed by atoms with van der Waals surface area (Å²) >= 11 is 7.37. The van der Waals surface area contributed by atoms with Crippen molar-refractivity contribution in [3.63, 3.8) is 0 Å². The monoisotopic (exact) mass is 384 g/mol. The van der Waals surface area contributed by atoms with Gasteiger partial charge in [-0.15, -0.1) is 0 Å². The molecule has 0 saturated carbocycles. The summed E-state index contributed by atoms with van der Waals surface area (Å²) in [6.07, 6.45) is 3.38. The highest BCUT2D eigenvalue weighted by molar-refractivity contribution is 8.19. The molecule has 1 heterocycles. The zero-order chi connectivity index (χ0) is 18.7. The molecule has 0 radical (unpaired) electrons. The van der Waals surface area contributed by atoms with E-state index in [0.717, 1.165) is 28.6 Å². The number of hydrogen-bond donors (Lipinski definition) is 1. The van der Waals surface area contributed by atoms with Crippen molar-refractivity contribution in [2.45, 2.75) is 6.92 Å². The Morgan fingerprint density at radius 2 is 2.08 bits per heavy atom. The van der Waals surface area contributed by atoms with Crippen molar-refractivity contribution in [1.82, 2.24) is 0 Å². The molecule has 1 aliphatic heterocycles. The van der Waals surface area contributed by atoms with Gasteiger partial charge in [0.2, 0.25) is 0 Å². The average molecular weight is 385 g/mol. The molecule has 0 aliphatic carbocycles. The SMILES string of the molecule is C=CCOc1ccc(/C=C2\SC(=N)N(c3ccccc3C)C2=O)cc1Cl. The number of halogens is 1. The van der Waals surface area contributed by atoms with Gasteiger partial charge in [-0.1, -0.05) is 48.5 Å².